The first-order valence-electron chi connectivity index (χ1n) is 8.51. The van der Waals surface area contributed by atoms with Gasteiger partial charge >= 0.3 is 5.69 Å². The van der Waals surface area contributed by atoms with Crippen LogP contribution < -0.4 is 0 Å². The third kappa shape index (κ3) is 3.16. The molecular formula is C15H21N7O5S. The molecular weight excluding hydrogens is 390 g/mol. The minimum absolute atomic E-state index is 0.0903. The number of rotatable bonds is 4. The lowest BCUT2D eigenvalue weighted by Crippen LogP contribution is -2.50. The molecule has 2 aromatic rings. The zero-order valence-electron chi connectivity index (χ0n) is 16.0. The molecule has 0 saturated carbocycles. The maximum atomic E-state index is 12.8. The van der Waals surface area contributed by atoms with Gasteiger partial charge in [-0.15, -0.1) is 0 Å². The van der Waals surface area contributed by atoms with Gasteiger partial charge in [-0.05, 0) is 13.8 Å². The van der Waals surface area contributed by atoms with Gasteiger partial charge in [0.05, 0.1) is 16.8 Å². The minimum atomic E-state index is -3.73. The molecule has 12 nitrogen and oxygen atoms in total. The molecule has 0 radical (unpaired) electrons. The van der Waals surface area contributed by atoms with Crippen LogP contribution in [0.15, 0.2) is 11.1 Å². The Kier molecular flexibility index (Phi) is 4.97. The van der Waals surface area contributed by atoms with Crippen LogP contribution in [0.2, 0.25) is 0 Å². The Balaban J connectivity index is 1.79. The van der Waals surface area contributed by atoms with Crippen LogP contribution in [0.3, 0.4) is 0 Å². The molecule has 1 amide bonds. The van der Waals surface area contributed by atoms with Crippen molar-refractivity contribution in [1.82, 2.24) is 28.8 Å². The highest BCUT2D eigenvalue weighted by Gasteiger charge is 2.36. The van der Waals surface area contributed by atoms with E-state index >= 15 is 0 Å². The van der Waals surface area contributed by atoms with Gasteiger partial charge in [-0.1, -0.05) is 0 Å². The summed E-state index contributed by atoms with van der Waals surface area (Å²) in [7, 11) is -0.593. The second kappa shape index (κ2) is 6.98. The topological polar surface area (TPSA) is 136 Å². The molecule has 152 valence electrons. The summed E-state index contributed by atoms with van der Waals surface area (Å²) in [5, 5.41) is 19.2. The van der Waals surface area contributed by atoms with Crippen molar-refractivity contribution in [2.75, 3.05) is 26.2 Å². The zero-order chi connectivity index (χ0) is 20.8. The fraction of sp³-hybridized carbons (Fsp3) is 0.533. The molecule has 0 bridgehead atoms. The maximum Gasteiger partial charge on any atom is 0.322 e. The molecule has 0 aromatic carbocycles. The molecule has 0 spiro atoms. The van der Waals surface area contributed by atoms with E-state index in [0.29, 0.717) is 5.69 Å². The summed E-state index contributed by atoms with van der Waals surface area (Å²) < 4.78 is 29.6. The molecule has 0 N–H and O–H groups in total. The van der Waals surface area contributed by atoms with Crippen LogP contribution in [0.4, 0.5) is 5.69 Å². The van der Waals surface area contributed by atoms with Gasteiger partial charge in [0.1, 0.15) is 10.6 Å². The molecule has 1 aliphatic rings. The minimum Gasteiger partial charge on any atom is -0.334 e. The number of carbonyl (C=O) groups excluding carboxylic acids is 1. The van der Waals surface area contributed by atoms with Gasteiger partial charge in [0.2, 0.25) is 15.7 Å². The summed E-state index contributed by atoms with van der Waals surface area (Å²) in [5.74, 6) is -0.538. The standard InChI is InChI=1S/C15H21N7O5S/c1-10-13(22(24)25)14(19(4)17-10)15(23)20-5-7-21(8-6-20)28(26,27)12-9-16-18(3)11(12)2/h9H,5-8H2,1-4H3. The molecule has 3 heterocycles. The molecule has 1 aliphatic heterocycles. The SMILES string of the molecule is Cc1nn(C)c(C(=O)N2CCN(S(=O)(=O)c3cnn(C)c3C)CC2)c1[N+](=O)[O-]. The molecule has 2 aromatic heterocycles. The number of sulfonamides is 1. The molecule has 28 heavy (non-hydrogen) atoms. The van der Waals surface area contributed by atoms with Crippen LogP contribution in [0.5, 0.6) is 0 Å². The quantitative estimate of drug-likeness (QED) is 0.503. The molecule has 0 atom stereocenters. The van der Waals surface area contributed by atoms with Crippen molar-refractivity contribution in [3.63, 3.8) is 0 Å². The third-order valence-electron chi connectivity index (χ3n) is 4.91. The Labute approximate surface area is 161 Å². The summed E-state index contributed by atoms with van der Waals surface area (Å²) in [6.07, 6.45) is 1.31. The Hall–Kier alpha value is -2.80. The average Bonchev–Trinajstić information content (AvgIpc) is 3.13. The number of carbonyl (C=O) groups is 1. The number of aromatic nitrogens is 4. The fourth-order valence-corrected chi connectivity index (χ4v) is 4.87. The lowest BCUT2D eigenvalue weighted by Gasteiger charge is -2.33. The van der Waals surface area contributed by atoms with E-state index in [2.05, 4.69) is 10.2 Å². The van der Waals surface area contributed by atoms with Crippen LogP contribution in [0.1, 0.15) is 21.9 Å². The van der Waals surface area contributed by atoms with E-state index < -0.39 is 20.9 Å². The summed E-state index contributed by atoms with van der Waals surface area (Å²) >= 11 is 0. The van der Waals surface area contributed by atoms with E-state index in [1.165, 1.54) is 38.7 Å². The Morgan fingerprint density at radius 1 is 1.14 bits per heavy atom. The third-order valence-corrected chi connectivity index (χ3v) is 6.91. The Bertz CT molecular complexity index is 1050. The molecule has 0 unspecified atom stereocenters. The van der Waals surface area contributed by atoms with Crippen molar-refractivity contribution in [3.8, 4) is 0 Å². The van der Waals surface area contributed by atoms with Gasteiger partial charge in [0, 0.05) is 40.3 Å². The van der Waals surface area contributed by atoms with Gasteiger partial charge in [0.25, 0.3) is 5.91 Å². The van der Waals surface area contributed by atoms with E-state index in [-0.39, 0.29) is 48.1 Å². The van der Waals surface area contributed by atoms with Crippen LogP contribution >= 0.6 is 0 Å². The number of nitro groups is 1. The van der Waals surface area contributed by atoms with Crippen LogP contribution in [-0.4, -0.2) is 74.2 Å². The Morgan fingerprint density at radius 2 is 1.75 bits per heavy atom. The number of piperazine rings is 1. The molecule has 3 rings (SSSR count). The predicted octanol–water partition coefficient (Wildman–Crippen LogP) is -0.175. The first-order chi connectivity index (χ1) is 13.1. The predicted molar refractivity (Wildman–Crippen MR) is 97.2 cm³/mol. The molecule has 0 aliphatic carbocycles. The maximum absolute atomic E-state index is 12.8. The number of nitrogens with zero attached hydrogens (tertiary/aromatic N) is 7. The highest BCUT2D eigenvalue weighted by atomic mass is 32.2. The Morgan fingerprint density at radius 3 is 2.25 bits per heavy atom. The van der Waals surface area contributed by atoms with E-state index in [1.807, 2.05) is 0 Å². The summed E-state index contributed by atoms with van der Waals surface area (Å²) in [6, 6.07) is 0. The van der Waals surface area contributed by atoms with Gasteiger partial charge < -0.3 is 4.90 Å². The number of hydrogen-bond acceptors (Lipinski definition) is 7. The highest BCUT2D eigenvalue weighted by molar-refractivity contribution is 7.89. The van der Waals surface area contributed by atoms with E-state index in [1.54, 1.807) is 14.0 Å². The van der Waals surface area contributed by atoms with Crippen LogP contribution in [0.25, 0.3) is 0 Å². The fourth-order valence-electron chi connectivity index (χ4n) is 3.26. The molecule has 1 saturated heterocycles. The van der Waals surface area contributed by atoms with Crippen molar-refractivity contribution in [1.29, 1.82) is 0 Å². The molecule has 13 heteroatoms. The number of hydrogen-bond donors (Lipinski definition) is 0. The van der Waals surface area contributed by atoms with Crippen molar-refractivity contribution >= 4 is 21.6 Å². The number of amides is 1. The van der Waals surface area contributed by atoms with E-state index in [0.717, 1.165) is 0 Å². The van der Waals surface area contributed by atoms with Crippen molar-refractivity contribution < 1.29 is 18.1 Å². The second-order valence-electron chi connectivity index (χ2n) is 6.58. The smallest absolute Gasteiger partial charge is 0.322 e. The monoisotopic (exact) mass is 411 g/mol. The van der Waals surface area contributed by atoms with Crippen molar-refractivity contribution in [3.05, 3.63) is 33.4 Å². The molecule has 1 fully saturated rings. The van der Waals surface area contributed by atoms with Gasteiger partial charge in [-0.25, -0.2) is 8.42 Å². The lowest BCUT2D eigenvalue weighted by atomic mass is 10.2. The van der Waals surface area contributed by atoms with Crippen molar-refractivity contribution in [2.45, 2.75) is 18.7 Å². The summed E-state index contributed by atoms with van der Waals surface area (Å²) in [6.45, 7) is 3.57. The first-order valence-corrected chi connectivity index (χ1v) is 9.95. The van der Waals surface area contributed by atoms with Gasteiger partial charge in [-0.2, -0.15) is 14.5 Å². The van der Waals surface area contributed by atoms with Gasteiger partial charge in [0.15, 0.2) is 0 Å². The van der Waals surface area contributed by atoms with Crippen LogP contribution in [-0.2, 0) is 24.1 Å². The van der Waals surface area contributed by atoms with Gasteiger partial charge in [-0.3, -0.25) is 24.3 Å². The van der Waals surface area contributed by atoms with E-state index in [4.69, 9.17) is 0 Å². The highest BCUT2D eigenvalue weighted by Crippen LogP contribution is 2.25. The normalized spacial score (nSPS) is 15.8. The first kappa shape index (κ1) is 19.9. The zero-order valence-corrected chi connectivity index (χ0v) is 16.8. The summed E-state index contributed by atoms with van der Waals surface area (Å²) in [4.78, 5) is 25.0. The second-order valence-corrected chi connectivity index (χ2v) is 8.48. The largest absolute Gasteiger partial charge is 0.334 e. The average molecular weight is 411 g/mol. The van der Waals surface area contributed by atoms with Crippen molar-refractivity contribution in [2.24, 2.45) is 14.1 Å². The van der Waals surface area contributed by atoms with E-state index in [9.17, 15) is 23.3 Å². The lowest BCUT2D eigenvalue weighted by molar-refractivity contribution is -0.385. The summed E-state index contributed by atoms with van der Waals surface area (Å²) in [5.41, 5.74) is 0.249. The number of aryl methyl sites for hydroxylation is 3. The van der Waals surface area contributed by atoms with Crippen LogP contribution in [0, 0.1) is 24.0 Å².